The zero-order chi connectivity index (χ0) is 18.7. The number of nitrogens with zero attached hydrogens (tertiary/aromatic N) is 1. The summed E-state index contributed by atoms with van der Waals surface area (Å²) in [7, 11) is -2.77. The number of methoxy groups -OCH3 is 1. The van der Waals surface area contributed by atoms with Crippen LogP contribution in [0, 0.1) is 20.8 Å². The second-order valence-corrected chi connectivity index (χ2v) is 7.24. The molecule has 1 aromatic carbocycles. The molecule has 1 heterocycles. The lowest BCUT2D eigenvalue weighted by molar-refractivity contribution is -0.635. The Morgan fingerprint density at radius 2 is 1.67 bits per heavy atom. The Morgan fingerprint density at radius 1 is 1.17 bits per heavy atom. The van der Waals surface area contributed by atoms with E-state index in [9.17, 15) is 13.0 Å². The Labute approximate surface area is 150 Å². The maximum Gasteiger partial charge on any atom is 0.296 e. The van der Waals surface area contributed by atoms with Crippen molar-refractivity contribution in [3.63, 3.8) is 0 Å². The molecule has 0 atom stereocenters. The van der Waals surface area contributed by atoms with Crippen molar-refractivity contribution in [3.8, 4) is 5.75 Å². The number of pyridine rings is 1. The van der Waals surface area contributed by atoms with Gasteiger partial charge in [0.15, 0.2) is 5.75 Å². The summed E-state index contributed by atoms with van der Waals surface area (Å²) in [4.78, 5) is -0.0851. The van der Waals surface area contributed by atoms with Crippen LogP contribution in [0.2, 0.25) is 0 Å². The first kappa shape index (κ1) is 20.2. The van der Waals surface area contributed by atoms with Crippen molar-refractivity contribution >= 4 is 31.9 Å². The number of ether oxygens (including phenoxy) is 1. The number of hydrogen-bond donors (Lipinski definition) is 2. The standard InChI is InChI=1S/C9H12O3S.C6H8BrN3O/c1-6-4-7(2)9(8(3)5-6)13(10,11)12;1-11-4-2-3-5(8)10(9)6(4)7/h4-5H,1-3H3,(H,10,11,12);2-3,8H,9H2,1H3. The van der Waals surface area contributed by atoms with E-state index in [-0.39, 0.29) is 4.90 Å². The van der Waals surface area contributed by atoms with E-state index in [0.717, 1.165) is 5.56 Å². The predicted octanol–water partition coefficient (Wildman–Crippen LogP) is 1.56. The third kappa shape index (κ3) is 4.83. The van der Waals surface area contributed by atoms with Crippen LogP contribution in [0.1, 0.15) is 16.7 Å². The molecule has 0 aliphatic heterocycles. The van der Waals surface area contributed by atoms with Gasteiger partial charge in [-0.1, -0.05) is 17.7 Å². The molecule has 0 fully saturated rings. The number of nitrogens with two attached hydrogens (primary N) is 2. The van der Waals surface area contributed by atoms with Crippen molar-refractivity contribution in [2.24, 2.45) is 0 Å². The van der Waals surface area contributed by atoms with E-state index < -0.39 is 10.1 Å². The van der Waals surface area contributed by atoms with E-state index in [1.807, 2.05) is 6.92 Å². The highest BCUT2D eigenvalue weighted by Crippen LogP contribution is 2.21. The van der Waals surface area contributed by atoms with Gasteiger partial charge in [0, 0.05) is 22.0 Å². The molecule has 9 heteroatoms. The minimum Gasteiger partial charge on any atom is -0.744 e. The van der Waals surface area contributed by atoms with Crippen LogP contribution < -0.4 is 21.0 Å². The molecule has 7 nitrogen and oxygen atoms in total. The summed E-state index contributed by atoms with van der Waals surface area (Å²) >= 11 is 3.22. The predicted molar refractivity (Wildman–Crippen MR) is 94.1 cm³/mol. The first-order chi connectivity index (χ1) is 11.0. The first-order valence-corrected chi connectivity index (χ1v) is 9.02. The summed E-state index contributed by atoms with van der Waals surface area (Å²) in [6, 6.07) is 6.79. The van der Waals surface area contributed by atoms with Crippen LogP contribution >= 0.6 is 15.9 Å². The molecular weight excluding hydrogens is 398 g/mol. The molecule has 132 valence electrons. The fourth-order valence-corrected chi connectivity index (χ4v) is 3.66. The molecule has 0 saturated heterocycles. The number of hydrogen-bond acceptors (Lipinski definition) is 6. The van der Waals surface area contributed by atoms with E-state index in [1.54, 1.807) is 45.2 Å². The summed E-state index contributed by atoms with van der Waals surface area (Å²) in [6.07, 6.45) is 0. The van der Waals surface area contributed by atoms with Gasteiger partial charge in [0.25, 0.3) is 5.82 Å². The van der Waals surface area contributed by atoms with Crippen LogP contribution in [0.5, 0.6) is 5.75 Å². The summed E-state index contributed by atoms with van der Waals surface area (Å²) < 4.78 is 39.4. The zero-order valence-corrected chi connectivity index (χ0v) is 16.2. The minimum absolute atomic E-state index is 0.0851. The first-order valence-electron chi connectivity index (χ1n) is 6.81. The number of anilines is 1. The van der Waals surface area contributed by atoms with Crippen molar-refractivity contribution < 1.29 is 22.4 Å². The van der Waals surface area contributed by atoms with Gasteiger partial charge in [-0.15, -0.1) is 4.68 Å². The fourth-order valence-electron chi connectivity index (χ4n) is 2.26. The average Bonchev–Trinajstić information content (AvgIpc) is 2.43. The van der Waals surface area contributed by atoms with Crippen molar-refractivity contribution in [3.05, 3.63) is 45.6 Å². The summed E-state index contributed by atoms with van der Waals surface area (Å²) in [6.45, 7) is 5.12. The molecule has 24 heavy (non-hydrogen) atoms. The lowest BCUT2D eigenvalue weighted by Crippen LogP contribution is -2.48. The van der Waals surface area contributed by atoms with Gasteiger partial charge in [-0.3, -0.25) is 11.6 Å². The van der Waals surface area contributed by atoms with E-state index in [4.69, 9.17) is 16.3 Å². The fraction of sp³-hybridized carbons (Fsp3) is 0.267. The van der Waals surface area contributed by atoms with Crippen LogP contribution in [-0.2, 0) is 10.1 Å². The third-order valence-electron chi connectivity index (χ3n) is 3.17. The molecule has 0 unspecified atom stereocenters. The van der Waals surface area contributed by atoms with Crippen LogP contribution in [0.4, 0.5) is 5.82 Å². The number of nitrogen functional groups attached to an aromatic ring is 2. The second-order valence-electron chi connectivity index (χ2n) is 5.17. The largest absolute Gasteiger partial charge is 0.744 e. The number of benzene rings is 1. The molecule has 1 aromatic heterocycles. The van der Waals surface area contributed by atoms with Gasteiger partial charge < -0.3 is 9.29 Å². The third-order valence-corrected chi connectivity index (χ3v) is 5.09. The second kappa shape index (κ2) is 7.82. The Bertz CT molecular complexity index is 831. The Morgan fingerprint density at radius 3 is 2.08 bits per heavy atom. The van der Waals surface area contributed by atoms with Gasteiger partial charge in [0.1, 0.15) is 10.1 Å². The molecule has 2 aromatic rings. The maximum atomic E-state index is 10.8. The van der Waals surface area contributed by atoms with E-state index in [2.05, 4.69) is 15.9 Å². The van der Waals surface area contributed by atoms with Gasteiger partial charge >= 0.3 is 0 Å². The van der Waals surface area contributed by atoms with Crippen molar-refractivity contribution in [2.45, 2.75) is 25.7 Å². The van der Waals surface area contributed by atoms with Gasteiger partial charge in [-0.2, -0.15) is 0 Å². The average molecular weight is 418 g/mol. The van der Waals surface area contributed by atoms with Crippen LogP contribution in [0.25, 0.3) is 0 Å². The summed E-state index contributed by atoms with van der Waals surface area (Å²) in [5, 5.41) is 0. The summed E-state index contributed by atoms with van der Waals surface area (Å²) in [5.41, 5.74) is 7.50. The SMILES string of the molecule is COc1ccc(N)[n+](N)c1Br.Cc1cc(C)c(S(=O)(=O)[O-])c(C)c1. The molecule has 0 bridgehead atoms. The molecule has 4 N–H and O–H groups in total. The van der Waals surface area contributed by atoms with E-state index >= 15 is 0 Å². The van der Waals surface area contributed by atoms with Crippen molar-refractivity contribution in [1.29, 1.82) is 0 Å². The van der Waals surface area contributed by atoms with Crippen molar-refractivity contribution in [1.82, 2.24) is 0 Å². The number of halogens is 1. The lowest BCUT2D eigenvalue weighted by atomic mass is 10.1. The molecule has 2 rings (SSSR count). The Hall–Kier alpha value is -1.84. The highest BCUT2D eigenvalue weighted by molar-refractivity contribution is 9.10. The monoisotopic (exact) mass is 417 g/mol. The molecule has 0 saturated carbocycles. The molecule has 0 aliphatic rings. The number of aryl methyl sites for hydroxylation is 3. The van der Waals surface area contributed by atoms with E-state index in [1.165, 1.54) is 4.68 Å². The molecule has 0 radical (unpaired) electrons. The quantitative estimate of drug-likeness (QED) is 0.330. The molecular formula is C15H20BrN3O4S. The molecule has 0 spiro atoms. The van der Waals surface area contributed by atoms with Crippen LogP contribution in [-0.4, -0.2) is 20.1 Å². The maximum absolute atomic E-state index is 10.8. The summed E-state index contributed by atoms with van der Waals surface area (Å²) in [5.74, 6) is 6.65. The smallest absolute Gasteiger partial charge is 0.296 e. The van der Waals surface area contributed by atoms with Gasteiger partial charge in [0.2, 0.25) is 4.60 Å². The Balaban J connectivity index is 0.000000243. The topological polar surface area (TPSA) is 122 Å². The Kier molecular flexibility index (Phi) is 6.58. The number of rotatable bonds is 2. The van der Waals surface area contributed by atoms with Gasteiger partial charge in [-0.25, -0.2) is 8.42 Å². The molecule has 0 amide bonds. The van der Waals surface area contributed by atoms with Gasteiger partial charge in [-0.05, 0) is 38.0 Å². The lowest BCUT2D eigenvalue weighted by Gasteiger charge is -2.14. The number of aromatic nitrogens is 1. The van der Waals surface area contributed by atoms with Crippen LogP contribution in [0.15, 0.2) is 33.8 Å². The van der Waals surface area contributed by atoms with E-state index in [0.29, 0.717) is 27.3 Å². The highest BCUT2D eigenvalue weighted by atomic mass is 79.9. The normalized spacial score (nSPS) is 10.8. The molecule has 0 aliphatic carbocycles. The van der Waals surface area contributed by atoms with Gasteiger partial charge in [0.05, 0.1) is 12.0 Å². The van der Waals surface area contributed by atoms with Crippen molar-refractivity contribution in [2.75, 3.05) is 18.7 Å². The highest BCUT2D eigenvalue weighted by Gasteiger charge is 2.11. The minimum atomic E-state index is -4.33. The zero-order valence-electron chi connectivity index (χ0n) is 13.8. The van der Waals surface area contributed by atoms with Crippen LogP contribution in [0.3, 0.4) is 0 Å².